The Morgan fingerprint density at radius 1 is 1.27 bits per heavy atom. The van der Waals surface area contributed by atoms with Gasteiger partial charge in [-0.05, 0) is 31.2 Å². The molecule has 2 aromatic rings. The van der Waals surface area contributed by atoms with Crippen molar-refractivity contribution >= 4 is 11.3 Å². The zero-order valence-corrected chi connectivity index (χ0v) is 9.08. The lowest BCUT2D eigenvalue weighted by Gasteiger charge is -1.98. The predicted molar refractivity (Wildman–Crippen MR) is 59.9 cm³/mol. The Morgan fingerprint density at radius 2 is 1.93 bits per heavy atom. The van der Waals surface area contributed by atoms with Gasteiger partial charge in [0.2, 0.25) is 0 Å². The van der Waals surface area contributed by atoms with Gasteiger partial charge in [0.25, 0.3) is 0 Å². The molecule has 0 fully saturated rings. The van der Waals surface area contributed by atoms with Gasteiger partial charge in [-0.1, -0.05) is 0 Å². The Hall–Kier alpha value is -1.39. The number of benzene rings is 1. The minimum atomic E-state index is -0.0242. The van der Waals surface area contributed by atoms with Crippen LogP contribution >= 0.6 is 11.3 Å². The Morgan fingerprint density at radius 3 is 2.47 bits per heavy atom. The monoisotopic (exact) mass is 221 g/mol. The van der Waals surface area contributed by atoms with Crippen molar-refractivity contribution in [1.82, 2.24) is 4.98 Å². The molecule has 15 heavy (non-hydrogen) atoms. The summed E-state index contributed by atoms with van der Waals surface area (Å²) in [7, 11) is 0. The van der Waals surface area contributed by atoms with Crippen LogP contribution in [-0.2, 0) is 6.61 Å². The molecule has 2 rings (SSSR count). The summed E-state index contributed by atoms with van der Waals surface area (Å²) >= 11 is 1.49. The Kier molecular flexibility index (Phi) is 2.70. The highest BCUT2D eigenvalue weighted by Gasteiger charge is 2.08. The lowest BCUT2D eigenvalue weighted by Crippen LogP contribution is -1.82. The van der Waals surface area contributed by atoms with E-state index in [2.05, 4.69) is 4.98 Å². The molecule has 3 nitrogen and oxygen atoms in total. The zero-order valence-electron chi connectivity index (χ0n) is 8.27. The van der Waals surface area contributed by atoms with Crippen molar-refractivity contribution in [3.05, 3.63) is 34.2 Å². The van der Waals surface area contributed by atoms with Gasteiger partial charge in [0.1, 0.15) is 10.8 Å². The maximum atomic E-state index is 9.17. The molecule has 0 atom stereocenters. The Balaban J connectivity index is 2.44. The SMILES string of the molecule is Cc1sc(CO)nc1-c1ccc(O)cc1. The molecule has 0 spiro atoms. The molecule has 2 N–H and O–H groups in total. The van der Waals surface area contributed by atoms with Gasteiger partial charge >= 0.3 is 0 Å². The Labute approximate surface area is 91.7 Å². The number of hydrogen-bond acceptors (Lipinski definition) is 4. The number of rotatable bonds is 2. The summed E-state index contributed by atoms with van der Waals surface area (Å²) in [6, 6.07) is 6.90. The lowest BCUT2D eigenvalue weighted by atomic mass is 10.1. The fourth-order valence-electron chi connectivity index (χ4n) is 1.41. The molecular weight excluding hydrogens is 210 g/mol. The lowest BCUT2D eigenvalue weighted by molar-refractivity contribution is 0.281. The molecule has 0 aliphatic carbocycles. The summed E-state index contributed by atoms with van der Waals surface area (Å²) < 4.78 is 0. The van der Waals surface area contributed by atoms with Gasteiger partial charge in [0, 0.05) is 10.4 Å². The summed E-state index contributed by atoms with van der Waals surface area (Å²) in [6.07, 6.45) is 0. The molecule has 0 bridgehead atoms. The quantitative estimate of drug-likeness (QED) is 0.818. The van der Waals surface area contributed by atoms with Gasteiger partial charge in [-0.3, -0.25) is 0 Å². The first-order valence-corrected chi connectivity index (χ1v) is 5.39. The number of hydrogen-bond donors (Lipinski definition) is 2. The van der Waals surface area contributed by atoms with E-state index in [4.69, 9.17) is 10.2 Å². The van der Waals surface area contributed by atoms with Crippen molar-refractivity contribution < 1.29 is 10.2 Å². The number of phenolic OH excluding ortho intramolecular Hbond substituents is 1. The van der Waals surface area contributed by atoms with E-state index in [9.17, 15) is 0 Å². The number of aliphatic hydroxyl groups is 1. The minimum absolute atomic E-state index is 0.0242. The number of aliphatic hydroxyl groups excluding tert-OH is 1. The molecule has 0 aliphatic heterocycles. The topological polar surface area (TPSA) is 53.4 Å². The number of aromatic nitrogens is 1. The van der Waals surface area contributed by atoms with Crippen LogP contribution in [0.5, 0.6) is 5.75 Å². The van der Waals surface area contributed by atoms with E-state index < -0.39 is 0 Å². The van der Waals surface area contributed by atoms with Crippen LogP contribution in [0.4, 0.5) is 0 Å². The van der Waals surface area contributed by atoms with E-state index in [0.717, 1.165) is 21.1 Å². The van der Waals surface area contributed by atoms with Gasteiger partial charge in [-0.25, -0.2) is 4.98 Å². The summed E-state index contributed by atoms with van der Waals surface area (Å²) in [5.41, 5.74) is 1.84. The molecule has 0 saturated carbocycles. The maximum absolute atomic E-state index is 9.17. The van der Waals surface area contributed by atoms with Crippen LogP contribution in [0.1, 0.15) is 9.88 Å². The predicted octanol–water partition coefficient (Wildman–Crippen LogP) is 2.32. The minimum Gasteiger partial charge on any atom is -0.508 e. The van der Waals surface area contributed by atoms with Gasteiger partial charge < -0.3 is 10.2 Å². The Bertz CT molecular complexity index is 462. The second kappa shape index (κ2) is 4.00. The average Bonchev–Trinajstić information content (AvgIpc) is 2.61. The largest absolute Gasteiger partial charge is 0.508 e. The van der Waals surface area contributed by atoms with Crippen LogP contribution in [0.25, 0.3) is 11.3 Å². The molecule has 0 aliphatic rings. The van der Waals surface area contributed by atoms with Crippen molar-refractivity contribution in [2.75, 3.05) is 0 Å². The van der Waals surface area contributed by atoms with Crippen molar-refractivity contribution in [3.63, 3.8) is 0 Å². The molecule has 4 heteroatoms. The van der Waals surface area contributed by atoms with Crippen LogP contribution < -0.4 is 0 Å². The van der Waals surface area contributed by atoms with E-state index >= 15 is 0 Å². The summed E-state index contributed by atoms with van der Waals surface area (Å²) in [5, 5.41) is 18.9. The van der Waals surface area contributed by atoms with Gasteiger partial charge in [0.15, 0.2) is 0 Å². The molecule has 0 radical (unpaired) electrons. The number of aromatic hydroxyl groups is 1. The van der Waals surface area contributed by atoms with Crippen molar-refractivity contribution in [1.29, 1.82) is 0 Å². The number of phenols is 1. The van der Waals surface area contributed by atoms with Crippen LogP contribution in [0.3, 0.4) is 0 Å². The summed E-state index contributed by atoms with van der Waals surface area (Å²) in [5.74, 6) is 0.244. The molecule has 0 amide bonds. The molecule has 1 heterocycles. The fourth-order valence-corrected chi connectivity index (χ4v) is 2.22. The van der Waals surface area contributed by atoms with E-state index in [1.165, 1.54) is 11.3 Å². The number of thiazole rings is 1. The maximum Gasteiger partial charge on any atom is 0.119 e. The number of aryl methyl sites for hydroxylation is 1. The molecule has 78 valence electrons. The third kappa shape index (κ3) is 2.00. The van der Waals surface area contributed by atoms with Crippen molar-refractivity contribution in [2.24, 2.45) is 0 Å². The zero-order chi connectivity index (χ0) is 10.8. The van der Waals surface area contributed by atoms with Crippen molar-refractivity contribution in [2.45, 2.75) is 13.5 Å². The highest BCUT2D eigenvalue weighted by Crippen LogP contribution is 2.28. The third-order valence-corrected chi connectivity index (χ3v) is 3.07. The molecule has 1 aromatic heterocycles. The molecular formula is C11H11NO2S. The van der Waals surface area contributed by atoms with Gasteiger partial charge in [-0.15, -0.1) is 11.3 Å². The normalized spacial score (nSPS) is 10.5. The first-order chi connectivity index (χ1) is 7.20. The first-order valence-electron chi connectivity index (χ1n) is 4.57. The molecule has 0 saturated heterocycles. The highest BCUT2D eigenvalue weighted by atomic mass is 32.1. The van der Waals surface area contributed by atoms with E-state index in [0.29, 0.717) is 0 Å². The standard InChI is InChI=1S/C11H11NO2S/c1-7-11(12-10(6-13)15-7)8-2-4-9(14)5-3-8/h2-5,13-14H,6H2,1H3. The summed E-state index contributed by atoms with van der Waals surface area (Å²) in [4.78, 5) is 5.39. The van der Waals surface area contributed by atoms with E-state index in [-0.39, 0.29) is 12.4 Å². The second-order valence-electron chi connectivity index (χ2n) is 3.22. The van der Waals surface area contributed by atoms with Gasteiger partial charge in [-0.2, -0.15) is 0 Å². The highest BCUT2D eigenvalue weighted by molar-refractivity contribution is 7.12. The summed E-state index contributed by atoms with van der Waals surface area (Å²) in [6.45, 7) is 1.95. The second-order valence-corrected chi connectivity index (χ2v) is 4.51. The third-order valence-electron chi connectivity index (χ3n) is 2.12. The average molecular weight is 221 g/mol. The van der Waals surface area contributed by atoms with Crippen molar-refractivity contribution in [3.8, 4) is 17.0 Å². The van der Waals surface area contributed by atoms with Crippen LogP contribution in [-0.4, -0.2) is 15.2 Å². The van der Waals surface area contributed by atoms with E-state index in [1.807, 2.05) is 19.1 Å². The molecule has 1 aromatic carbocycles. The smallest absolute Gasteiger partial charge is 0.119 e. The number of nitrogens with zero attached hydrogens (tertiary/aromatic N) is 1. The van der Waals surface area contributed by atoms with Crippen LogP contribution in [0.15, 0.2) is 24.3 Å². The first kappa shape index (κ1) is 10.1. The van der Waals surface area contributed by atoms with Crippen LogP contribution in [0, 0.1) is 6.92 Å². The van der Waals surface area contributed by atoms with E-state index in [1.54, 1.807) is 12.1 Å². The fraction of sp³-hybridized carbons (Fsp3) is 0.182. The van der Waals surface area contributed by atoms with Crippen LogP contribution in [0.2, 0.25) is 0 Å². The molecule has 0 unspecified atom stereocenters. The van der Waals surface area contributed by atoms with Gasteiger partial charge in [0.05, 0.1) is 12.3 Å².